The molecule has 0 unspecified atom stereocenters. The van der Waals surface area contributed by atoms with E-state index in [1.807, 2.05) is 30.3 Å². The van der Waals surface area contributed by atoms with Gasteiger partial charge in [-0.25, -0.2) is 4.79 Å². The van der Waals surface area contributed by atoms with E-state index < -0.39 is 5.97 Å². The van der Waals surface area contributed by atoms with Crippen LogP contribution >= 0.6 is 0 Å². The van der Waals surface area contributed by atoms with Crippen LogP contribution in [0.15, 0.2) is 66.7 Å². The number of nitrogens with one attached hydrogen (secondary N) is 3. The second kappa shape index (κ2) is 12.4. The van der Waals surface area contributed by atoms with Crippen molar-refractivity contribution < 1.29 is 24.6 Å². The zero-order chi connectivity index (χ0) is 28.9. The average molecular weight is 555 g/mol. The number of carbonyl (C=O) groups is 3. The number of nitrogens with zero attached hydrogens (tertiary/aromatic N) is 1. The summed E-state index contributed by atoms with van der Waals surface area (Å²) in [6, 6.07) is 19.7. The smallest absolute Gasteiger partial charge is 0.336 e. The van der Waals surface area contributed by atoms with Crippen LogP contribution in [0.1, 0.15) is 50.2 Å². The average Bonchev–Trinajstić information content (AvgIpc) is 3.30. The molecule has 0 aromatic heterocycles. The van der Waals surface area contributed by atoms with E-state index in [0.717, 1.165) is 38.0 Å². The minimum absolute atomic E-state index is 0.139. The summed E-state index contributed by atoms with van der Waals surface area (Å²) in [7, 11) is 0. The highest BCUT2D eigenvalue weighted by atomic mass is 16.4. The summed E-state index contributed by atoms with van der Waals surface area (Å²) < 4.78 is 0. The lowest BCUT2D eigenvalue weighted by Gasteiger charge is -2.30. The molecule has 1 saturated heterocycles. The zero-order valence-electron chi connectivity index (χ0n) is 22.9. The van der Waals surface area contributed by atoms with Gasteiger partial charge >= 0.3 is 5.97 Å². The van der Waals surface area contributed by atoms with E-state index in [4.69, 9.17) is 0 Å². The number of carboxylic acid groups (broad SMARTS) is 1. The Bertz CT molecular complexity index is 1480. The molecule has 5 rings (SSSR count). The molecule has 3 aromatic carbocycles. The predicted octanol–water partition coefficient (Wildman–Crippen LogP) is 4.06. The lowest BCUT2D eigenvalue weighted by molar-refractivity contribution is -0.110. The van der Waals surface area contributed by atoms with E-state index in [2.05, 4.69) is 20.9 Å². The first kappa shape index (κ1) is 28.1. The Hall–Kier alpha value is -4.47. The maximum absolute atomic E-state index is 13.2. The second-order valence-corrected chi connectivity index (χ2v) is 10.5. The predicted molar refractivity (Wildman–Crippen MR) is 159 cm³/mol. The molecule has 0 radical (unpaired) electrons. The monoisotopic (exact) mass is 554 g/mol. The number of hydrogen-bond donors (Lipinski definition) is 5. The summed E-state index contributed by atoms with van der Waals surface area (Å²) >= 11 is 0. The minimum atomic E-state index is -1.05. The Morgan fingerprint density at radius 2 is 1.71 bits per heavy atom. The molecule has 212 valence electrons. The molecule has 0 aliphatic carbocycles. The molecule has 3 aromatic rings. The molecule has 2 aliphatic heterocycles. The number of aliphatic hydroxyl groups excluding tert-OH is 1. The van der Waals surface area contributed by atoms with E-state index in [0.29, 0.717) is 51.8 Å². The second-order valence-electron chi connectivity index (χ2n) is 10.5. The first-order chi connectivity index (χ1) is 19.8. The van der Waals surface area contributed by atoms with Gasteiger partial charge in [-0.05, 0) is 86.3 Å². The minimum Gasteiger partial charge on any atom is -0.478 e. The van der Waals surface area contributed by atoms with Crippen molar-refractivity contribution in [2.24, 2.45) is 5.92 Å². The Balaban J connectivity index is 1.33. The quantitative estimate of drug-likeness (QED) is 0.252. The molecule has 2 aliphatic rings. The number of aromatic carboxylic acids is 1. The van der Waals surface area contributed by atoms with Gasteiger partial charge in [0.1, 0.15) is 0 Å². The number of carbonyl (C=O) groups excluding carboxylic acids is 2. The number of rotatable bonds is 9. The Labute approximate surface area is 238 Å². The van der Waals surface area contributed by atoms with Crippen molar-refractivity contribution in [3.05, 3.63) is 94.5 Å². The van der Waals surface area contributed by atoms with E-state index in [1.165, 1.54) is 6.07 Å². The van der Waals surface area contributed by atoms with E-state index in [9.17, 15) is 24.6 Å². The fourth-order valence-corrected chi connectivity index (χ4v) is 5.36. The van der Waals surface area contributed by atoms with Gasteiger partial charge in [-0.3, -0.25) is 9.59 Å². The molecule has 9 nitrogen and oxygen atoms in total. The SMILES string of the molecule is Cc1cc2c(cc1C(=O)O)NC(=O)C2=C(Nc1ccc(C(=O)NCCN2CCC(CO)CC2)cc1)c1ccccc1. The number of anilines is 2. The van der Waals surface area contributed by atoms with Crippen LogP contribution in [-0.4, -0.2) is 65.7 Å². The van der Waals surface area contributed by atoms with Gasteiger partial charge in [0, 0.05) is 36.5 Å². The topological polar surface area (TPSA) is 131 Å². The number of amides is 2. The summed E-state index contributed by atoms with van der Waals surface area (Å²) in [5, 5.41) is 28.0. The molecule has 0 atom stereocenters. The van der Waals surface area contributed by atoms with Gasteiger partial charge in [0.2, 0.25) is 0 Å². The van der Waals surface area contributed by atoms with E-state index in [1.54, 1.807) is 37.3 Å². The third-order valence-corrected chi connectivity index (χ3v) is 7.75. The molecule has 9 heteroatoms. The molecule has 0 spiro atoms. The van der Waals surface area contributed by atoms with Gasteiger partial charge in [-0.15, -0.1) is 0 Å². The van der Waals surface area contributed by atoms with Crippen LogP contribution in [0, 0.1) is 12.8 Å². The van der Waals surface area contributed by atoms with Crippen LogP contribution in [0.25, 0.3) is 11.3 Å². The number of aryl methyl sites for hydroxylation is 1. The number of likely N-dealkylation sites (tertiary alicyclic amines) is 1. The van der Waals surface area contributed by atoms with Crippen LogP contribution in [0.2, 0.25) is 0 Å². The standard InChI is InChI=1S/C32H34N4O5/c1-20-17-26-27(18-25(20)32(40)41)35-31(39)28(26)29(22-5-3-2-4-6-22)34-24-9-7-23(8-10-24)30(38)33-13-16-36-14-11-21(19-37)12-15-36/h2-10,17-18,21,34,37H,11-16,19H2,1H3,(H,33,38)(H,35,39)(H,40,41). The van der Waals surface area contributed by atoms with E-state index >= 15 is 0 Å². The number of hydrogen-bond acceptors (Lipinski definition) is 6. The zero-order valence-corrected chi connectivity index (χ0v) is 22.9. The fourth-order valence-electron chi connectivity index (χ4n) is 5.36. The van der Waals surface area contributed by atoms with Gasteiger partial charge in [-0.1, -0.05) is 30.3 Å². The molecule has 2 heterocycles. The molecule has 5 N–H and O–H groups in total. The highest BCUT2D eigenvalue weighted by Crippen LogP contribution is 2.39. The van der Waals surface area contributed by atoms with Gasteiger partial charge in [0.15, 0.2) is 0 Å². The van der Waals surface area contributed by atoms with Crippen LogP contribution in [0.4, 0.5) is 11.4 Å². The van der Waals surface area contributed by atoms with Crippen LogP contribution in [0.5, 0.6) is 0 Å². The molecule has 1 fully saturated rings. The molecule has 0 saturated carbocycles. The number of aliphatic hydroxyl groups is 1. The van der Waals surface area contributed by atoms with Gasteiger partial charge in [-0.2, -0.15) is 0 Å². The summed E-state index contributed by atoms with van der Waals surface area (Å²) in [5.41, 5.74) is 4.78. The highest BCUT2D eigenvalue weighted by molar-refractivity contribution is 6.37. The lowest BCUT2D eigenvalue weighted by atomic mass is 9.96. The van der Waals surface area contributed by atoms with Gasteiger partial charge in [0.25, 0.3) is 11.8 Å². The number of carboxylic acids is 1. The maximum atomic E-state index is 13.2. The van der Waals surface area contributed by atoms with Crippen molar-refractivity contribution in [1.82, 2.24) is 10.2 Å². The van der Waals surface area contributed by atoms with Crippen LogP contribution in [-0.2, 0) is 4.79 Å². The van der Waals surface area contributed by atoms with Crippen molar-refractivity contribution in [3.8, 4) is 0 Å². The summed E-state index contributed by atoms with van der Waals surface area (Å²) in [6.07, 6.45) is 1.96. The van der Waals surface area contributed by atoms with E-state index in [-0.39, 0.29) is 24.0 Å². The highest BCUT2D eigenvalue weighted by Gasteiger charge is 2.30. The molecule has 0 bridgehead atoms. The third kappa shape index (κ3) is 6.32. The fraction of sp³-hybridized carbons (Fsp3) is 0.281. The number of piperidine rings is 1. The first-order valence-electron chi connectivity index (χ1n) is 13.8. The van der Waals surface area contributed by atoms with Crippen molar-refractivity contribution in [3.63, 3.8) is 0 Å². The summed E-state index contributed by atoms with van der Waals surface area (Å²) in [4.78, 5) is 39.9. The van der Waals surface area contributed by atoms with Crippen LogP contribution in [0.3, 0.4) is 0 Å². The first-order valence-corrected chi connectivity index (χ1v) is 13.8. The normalized spacial score (nSPS) is 16.6. The van der Waals surface area contributed by atoms with Crippen molar-refractivity contribution in [1.29, 1.82) is 0 Å². The van der Waals surface area contributed by atoms with Gasteiger partial charge in [0.05, 0.1) is 22.5 Å². The third-order valence-electron chi connectivity index (χ3n) is 7.75. The Morgan fingerprint density at radius 3 is 2.37 bits per heavy atom. The molecule has 41 heavy (non-hydrogen) atoms. The van der Waals surface area contributed by atoms with Crippen LogP contribution < -0.4 is 16.0 Å². The van der Waals surface area contributed by atoms with Crippen molar-refractivity contribution >= 4 is 40.4 Å². The summed E-state index contributed by atoms with van der Waals surface area (Å²) in [5.74, 6) is -1.15. The van der Waals surface area contributed by atoms with Crippen molar-refractivity contribution in [2.45, 2.75) is 19.8 Å². The van der Waals surface area contributed by atoms with Gasteiger partial charge < -0.3 is 31.1 Å². The largest absolute Gasteiger partial charge is 0.478 e. The number of benzene rings is 3. The molecular weight excluding hydrogens is 520 g/mol. The molecule has 2 amide bonds. The Morgan fingerprint density at radius 1 is 1.00 bits per heavy atom. The maximum Gasteiger partial charge on any atom is 0.336 e. The van der Waals surface area contributed by atoms with Crippen molar-refractivity contribution in [2.75, 3.05) is 43.4 Å². The number of fused-ring (bicyclic) bond motifs is 1. The molecular formula is C32H34N4O5. The lowest BCUT2D eigenvalue weighted by Crippen LogP contribution is -2.40. The summed E-state index contributed by atoms with van der Waals surface area (Å²) in [6.45, 7) is 5.14. The Kier molecular flexibility index (Phi) is 8.47.